The van der Waals surface area contributed by atoms with Crippen LogP contribution >= 0.6 is 24.5 Å². The van der Waals surface area contributed by atoms with Gasteiger partial charge in [0.15, 0.2) is 0 Å². The van der Waals surface area contributed by atoms with Gasteiger partial charge in [-0.25, -0.2) is 0 Å². The minimum absolute atomic E-state index is 0.560. The summed E-state index contributed by atoms with van der Waals surface area (Å²) in [7, 11) is 0. The SMILES string of the molecule is SOCCOCCCCCCCl. The van der Waals surface area contributed by atoms with E-state index in [-0.39, 0.29) is 0 Å². The first-order valence-corrected chi connectivity index (χ1v) is 5.22. The first kappa shape index (κ1) is 12.6. The summed E-state index contributed by atoms with van der Waals surface area (Å²) in [6, 6.07) is 0. The lowest BCUT2D eigenvalue weighted by molar-refractivity contribution is 0.104. The van der Waals surface area contributed by atoms with E-state index in [2.05, 4.69) is 17.1 Å². The van der Waals surface area contributed by atoms with Gasteiger partial charge < -0.3 is 8.92 Å². The van der Waals surface area contributed by atoms with Crippen molar-refractivity contribution < 1.29 is 8.92 Å². The lowest BCUT2D eigenvalue weighted by Gasteiger charge is -2.01. The number of hydrogen-bond donors (Lipinski definition) is 1. The summed E-state index contributed by atoms with van der Waals surface area (Å²) in [5, 5.41) is 0. The maximum absolute atomic E-state index is 5.53. The van der Waals surface area contributed by atoms with Crippen molar-refractivity contribution in [2.45, 2.75) is 25.7 Å². The maximum atomic E-state index is 5.53. The monoisotopic (exact) mass is 212 g/mol. The van der Waals surface area contributed by atoms with Gasteiger partial charge in [-0.2, -0.15) is 0 Å². The number of unbranched alkanes of at least 4 members (excludes halogenated alkanes) is 3. The molecule has 0 saturated heterocycles. The van der Waals surface area contributed by atoms with Gasteiger partial charge in [0.1, 0.15) is 0 Å². The fraction of sp³-hybridized carbons (Fsp3) is 1.00. The minimum Gasteiger partial charge on any atom is -0.379 e. The number of alkyl halides is 1. The molecule has 0 aliphatic rings. The second kappa shape index (κ2) is 11.6. The average molecular weight is 213 g/mol. The molecule has 4 heteroatoms. The van der Waals surface area contributed by atoms with Crippen LogP contribution in [0, 0.1) is 0 Å². The average Bonchev–Trinajstić information content (AvgIpc) is 2.10. The van der Waals surface area contributed by atoms with Crippen LogP contribution in [0.25, 0.3) is 0 Å². The first-order chi connectivity index (χ1) is 5.91. The Kier molecular flexibility index (Phi) is 12.1. The molecule has 0 amide bonds. The van der Waals surface area contributed by atoms with Crippen LogP contribution in [0.3, 0.4) is 0 Å². The van der Waals surface area contributed by atoms with Crippen molar-refractivity contribution in [2.24, 2.45) is 0 Å². The molecule has 12 heavy (non-hydrogen) atoms. The number of hydrogen-bond acceptors (Lipinski definition) is 3. The summed E-state index contributed by atoms with van der Waals surface area (Å²) in [4.78, 5) is 0. The number of ether oxygens (including phenoxy) is 1. The topological polar surface area (TPSA) is 18.5 Å². The fourth-order valence-electron chi connectivity index (χ4n) is 0.850. The molecule has 0 N–H and O–H groups in total. The van der Waals surface area contributed by atoms with Crippen molar-refractivity contribution in [2.75, 3.05) is 25.7 Å². The number of rotatable bonds is 9. The van der Waals surface area contributed by atoms with Crippen LogP contribution in [0.4, 0.5) is 0 Å². The lowest BCUT2D eigenvalue weighted by Crippen LogP contribution is -2.01. The summed E-state index contributed by atoms with van der Waals surface area (Å²) in [5.41, 5.74) is 0. The van der Waals surface area contributed by atoms with Crippen LogP contribution in [0.1, 0.15) is 25.7 Å². The van der Waals surface area contributed by atoms with Crippen LogP contribution in [0.15, 0.2) is 0 Å². The normalized spacial score (nSPS) is 10.5. The minimum atomic E-state index is 0.560. The standard InChI is InChI=1S/C8H17ClO2S/c9-5-3-1-2-4-6-10-7-8-11-12/h12H,1-8H2. The van der Waals surface area contributed by atoms with Gasteiger partial charge in [0.2, 0.25) is 0 Å². The van der Waals surface area contributed by atoms with Crippen LogP contribution in [0.2, 0.25) is 0 Å². The molecule has 0 radical (unpaired) electrons. The Morgan fingerprint density at radius 3 is 2.33 bits per heavy atom. The van der Waals surface area contributed by atoms with Gasteiger partial charge in [-0.05, 0) is 25.8 Å². The lowest BCUT2D eigenvalue weighted by atomic mass is 10.2. The Morgan fingerprint density at radius 1 is 0.917 bits per heavy atom. The Balaban J connectivity index is 2.73. The van der Waals surface area contributed by atoms with Crippen molar-refractivity contribution in [3.63, 3.8) is 0 Å². The van der Waals surface area contributed by atoms with Gasteiger partial charge in [0, 0.05) is 12.5 Å². The van der Waals surface area contributed by atoms with Crippen molar-refractivity contribution in [3.05, 3.63) is 0 Å². The van der Waals surface area contributed by atoms with Gasteiger partial charge >= 0.3 is 0 Å². The molecule has 2 nitrogen and oxygen atoms in total. The van der Waals surface area contributed by atoms with E-state index in [1.165, 1.54) is 12.8 Å². The van der Waals surface area contributed by atoms with E-state index in [0.29, 0.717) is 13.2 Å². The Hall–Kier alpha value is 0.560. The largest absolute Gasteiger partial charge is 0.379 e. The van der Waals surface area contributed by atoms with E-state index in [1.807, 2.05) is 0 Å². The van der Waals surface area contributed by atoms with Gasteiger partial charge in [-0.3, -0.25) is 0 Å². The summed E-state index contributed by atoms with van der Waals surface area (Å²) >= 11 is 9.12. The molecule has 0 heterocycles. The summed E-state index contributed by atoms with van der Waals surface area (Å²) in [6.07, 6.45) is 4.63. The number of thiol groups is 1. The fourth-order valence-corrected chi connectivity index (χ4v) is 1.11. The zero-order valence-corrected chi connectivity index (χ0v) is 8.95. The molecule has 0 aromatic heterocycles. The number of halogens is 1. The molecule has 0 aliphatic heterocycles. The molecular formula is C8H17ClO2S. The highest BCUT2D eigenvalue weighted by atomic mass is 35.5. The second-order valence-corrected chi connectivity index (χ2v) is 3.18. The molecule has 0 aromatic rings. The highest BCUT2D eigenvalue weighted by Crippen LogP contribution is 2.00. The smallest absolute Gasteiger partial charge is 0.0844 e. The molecule has 0 aromatic carbocycles. The Bertz CT molecular complexity index is 73.5. The molecule has 0 aliphatic carbocycles. The molecule has 74 valence electrons. The maximum Gasteiger partial charge on any atom is 0.0844 e. The van der Waals surface area contributed by atoms with Gasteiger partial charge in [0.25, 0.3) is 0 Å². The van der Waals surface area contributed by atoms with Gasteiger partial charge in [0.05, 0.1) is 13.2 Å². The van der Waals surface area contributed by atoms with E-state index in [0.717, 1.165) is 25.3 Å². The van der Waals surface area contributed by atoms with Crippen LogP contribution in [0.5, 0.6) is 0 Å². The van der Waals surface area contributed by atoms with Gasteiger partial charge in [-0.1, -0.05) is 12.8 Å². The van der Waals surface area contributed by atoms with E-state index in [1.54, 1.807) is 0 Å². The van der Waals surface area contributed by atoms with E-state index in [9.17, 15) is 0 Å². The van der Waals surface area contributed by atoms with E-state index in [4.69, 9.17) is 16.3 Å². The summed E-state index contributed by atoms with van der Waals surface area (Å²) in [6.45, 7) is 2.02. The molecule has 0 fully saturated rings. The van der Waals surface area contributed by atoms with Crippen molar-refractivity contribution in [3.8, 4) is 0 Å². The van der Waals surface area contributed by atoms with E-state index >= 15 is 0 Å². The Labute approximate surface area is 85.2 Å². The van der Waals surface area contributed by atoms with Crippen molar-refractivity contribution >= 4 is 24.5 Å². The summed E-state index contributed by atoms with van der Waals surface area (Å²) < 4.78 is 9.79. The van der Waals surface area contributed by atoms with Gasteiger partial charge in [-0.15, -0.1) is 11.6 Å². The third-order valence-corrected chi connectivity index (χ3v) is 1.94. The third-order valence-electron chi connectivity index (χ3n) is 1.49. The molecular weight excluding hydrogens is 196 g/mol. The summed E-state index contributed by atoms with van der Waals surface area (Å²) in [5.74, 6) is 0.772. The van der Waals surface area contributed by atoms with Crippen LogP contribution in [-0.4, -0.2) is 25.7 Å². The van der Waals surface area contributed by atoms with Crippen molar-refractivity contribution in [1.82, 2.24) is 0 Å². The molecule has 0 atom stereocenters. The molecule has 0 rings (SSSR count). The molecule has 0 unspecified atom stereocenters. The molecule has 0 bridgehead atoms. The predicted molar refractivity (Wildman–Crippen MR) is 54.9 cm³/mol. The van der Waals surface area contributed by atoms with Crippen LogP contribution < -0.4 is 0 Å². The quantitative estimate of drug-likeness (QED) is 0.274. The predicted octanol–water partition coefficient (Wildman–Crippen LogP) is 2.66. The first-order valence-electron chi connectivity index (χ1n) is 4.32. The molecule has 0 spiro atoms. The zero-order chi connectivity index (χ0) is 9.07. The highest BCUT2D eigenvalue weighted by Gasteiger charge is 1.90. The highest BCUT2D eigenvalue weighted by molar-refractivity contribution is 7.75. The van der Waals surface area contributed by atoms with Crippen molar-refractivity contribution in [1.29, 1.82) is 0 Å². The third kappa shape index (κ3) is 10.6. The second-order valence-electron chi connectivity index (χ2n) is 2.55. The Morgan fingerprint density at radius 2 is 1.67 bits per heavy atom. The van der Waals surface area contributed by atoms with Crippen LogP contribution in [-0.2, 0) is 8.92 Å². The zero-order valence-electron chi connectivity index (χ0n) is 7.30. The van der Waals surface area contributed by atoms with E-state index < -0.39 is 0 Å². The molecule has 0 saturated carbocycles.